The van der Waals surface area contributed by atoms with Crippen LogP contribution in [0.25, 0.3) is 10.9 Å². The number of fused-ring (bicyclic) bond motifs is 1. The molecule has 0 amide bonds. The first-order valence-corrected chi connectivity index (χ1v) is 5.75. The molecule has 84 valence electrons. The van der Waals surface area contributed by atoms with Crippen molar-refractivity contribution in [3.63, 3.8) is 0 Å². The third kappa shape index (κ3) is 1.90. The second kappa shape index (κ2) is 4.38. The van der Waals surface area contributed by atoms with Crippen LogP contribution in [-0.2, 0) is 6.42 Å². The van der Waals surface area contributed by atoms with Crippen LogP contribution in [-0.4, -0.2) is 4.98 Å². The van der Waals surface area contributed by atoms with Crippen LogP contribution in [0.15, 0.2) is 18.2 Å². The van der Waals surface area contributed by atoms with Crippen LogP contribution in [0.5, 0.6) is 0 Å². The second-order valence-corrected chi connectivity index (χ2v) is 4.31. The van der Waals surface area contributed by atoms with Gasteiger partial charge in [-0.05, 0) is 36.6 Å². The summed E-state index contributed by atoms with van der Waals surface area (Å²) in [6, 6.07) is 5.15. The zero-order chi connectivity index (χ0) is 11.7. The highest BCUT2D eigenvalue weighted by molar-refractivity contribution is 6.30. The zero-order valence-electron chi connectivity index (χ0n) is 9.35. The predicted octanol–water partition coefficient (Wildman–Crippen LogP) is 4.29. The molecule has 16 heavy (non-hydrogen) atoms. The molecule has 0 fully saturated rings. The maximum Gasteiger partial charge on any atom is 0.149 e. The number of benzene rings is 1. The molecule has 1 heterocycles. The Hall–Kier alpha value is -1.15. The maximum absolute atomic E-state index is 13.5. The van der Waals surface area contributed by atoms with Crippen molar-refractivity contribution in [2.24, 2.45) is 0 Å². The van der Waals surface area contributed by atoms with Crippen molar-refractivity contribution in [3.05, 3.63) is 40.3 Å². The molecule has 1 aromatic carbocycles. The number of pyridine rings is 1. The van der Waals surface area contributed by atoms with Gasteiger partial charge in [-0.2, -0.15) is 0 Å². The van der Waals surface area contributed by atoms with E-state index in [9.17, 15) is 4.39 Å². The topological polar surface area (TPSA) is 12.9 Å². The third-order valence-electron chi connectivity index (χ3n) is 2.70. The van der Waals surface area contributed by atoms with E-state index in [4.69, 9.17) is 11.6 Å². The lowest BCUT2D eigenvalue weighted by atomic mass is 10.1. The normalized spacial score (nSPS) is 11.0. The molecule has 0 aliphatic carbocycles. The molecule has 0 N–H and O–H groups in total. The average Bonchev–Trinajstić information content (AvgIpc) is 2.26. The smallest absolute Gasteiger partial charge is 0.149 e. The van der Waals surface area contributed by atoms with E-state index in [1.165, 1.54) is 6.07 Å². The fraction of sp³-hybridized carbons (Fsp3) is 0.308. The van der Waals surface area contributed by atoms with Gasteiger partial charge in [-0.3, -0.25) is 0 Å². The monoisotopic (exact) mass is 237 g/mol. The third-order valence-corrected chi connectivity index (χ3v) is 3.03. The minimum absolute atomic E-state index is 0.314. The first-order chi connectivity index (χ1) is 7.63. The van der Waals surface area contributed by atoms with Gasteiger partial charge in [-0.15, -0.1) is 0 Å². The molecule has 0 saturated carbocycles. The summed E-state index contributed by atoms with van der Waals surface area (Å²) in [5.41, 5.74) is 2.38. The van der Waals surface area contributed by atoms with Gasteiger partial charge < -0.3 is 0 Å². The Balaban J connectivity index is 2.73. The van der Waals surface area contributed by atoms with E-state index in [0.717, 1.165) is 29.4 Å². The average molecular weight is 238 g/mol. The zero-order valence-corrected chi connectivity index (χ0v) is 10.1. The highest BCUT2D eigenvalue weighted by Gasteiger charge is 2.09. The summed E-state index contributed by atoms with van der Waals surface area (Å²) in [4.78, 5) is 4.15. The Morgan fingerprint density at radius 2 is 2.12 bits per heavy atom. The summed E-state index contributed by atoms with van der Waals surface area (Å²) in [5.74, 6) is -0.314. The van der Waals surface area contributed by atoms with Gasteiger partial charge in [-0.25, -0.2) is 9.37 Å². The predicted molar refractivity (Wildman–Crippen MR) is 65.4 cm³/mol. The molecule has 2 aromatic rings. The van der Waals surface area contributed by atoms with Crippen LogP contribution in [0.2, 0.25) is 5.15 Å². The van der Waals surface area contributed by atoms with E-state index in [-0.39, 0.29) is 5.82 Å². The fourth-order valence-electron chi connectivity index (χ4n) is 1.83. The number of hydrogen-bond donors (Lipinski definition) is 0. The van der Waals surface area contributed by atoms with E-state index in [0.29, 0.717) is 10.7 Å². The number of hydrogen-bond acceptors (Lipinski definition) is 1. The van der Waals surface area contributed by atoms with Crippen molar-refractivity contribution < 1.29 is 4.39 Å². The lowest BCUT2D eigenvalue weighted by molar-refractivity contribution is 0.636. The van der Waals surface area contributed by atoms with Crippen molar-refractivity contribution in [1.29, 1.82) is 0 Å². The molecule has 1 nitrogen and oxygen atoms in total. The van der Waals surface area contributed by atoms with E-state index in [1.54, 1.807) is 6.07 Å². The molecule has 0 aliphatic rings. The number of aromatic nitrogens is 1. The molecule has 1 aromatic heterocycles. The van der Waals surface area contributed by atoms with Gasteiger partial charge in [0.25, 0.3) is 0 Å². The van der Waals surface area contributed by atoms with Crippen molar-refractivity contribution in [1.82, 2.24) is 4.98 Å². The lowest BCUT2D eigenvalue weighted by Crippen LogP contribution is -1.93. The van der Waals surface area contributed by atoms with Crippen LogP contribution >= 0.6 is 11.6 Å². The molecule has 2 rings (SSSR count). The fourth-order valence-corrected chi connectivity index (χ4v) is 2.06. The van der Waals surface area contributed by atoms with Gasteiger partial charge in [0.1, 0.15) is 16.5 Å². The first kappa shape index (κ1) is 11.3. The number of aryl methyl sites for hydroxylation is 2. The number of nitrogens with zero attached hydrogens (tertiary/aromatic N) is 1. The SMILES string of the molecule is CCCc1cc2c(C)ccc(F)c2nc1Cl. The van der Waals surface area contributed by atoms with E-state index in [2.05, 4.69) is 11.9 Å². The van der Waals surface area contributed by atoms with Crippen LogP contribution in [0.4, 0.5) is 4.39 Å². The van der Waals surface area contributed by atoms with Gasteiger partial charge >= 0.3 is 0 Å². The van der Waals surface area contributed by atoms with Gasteiger partial charge in [0, 0.05) is 5.39 Å². The van der Waals surface area contributed by atoms with Crippen LogP contribution in [0.3, 0.4) is 0 Å². The molecular formula is C13H13ClFN. The summed E-state index contributed by atoms with van der Waals surface area (Å²) >= 11 is 6.03. The summed E-state index contributed by atoms with van der Waals surface area (Å²) in [7, 11) is 0. The summed E-state index contributed by atoms with van der Waals surface area (Å²) in [6.07, 6.45) is 1.87. The van der Waals surface area contributed by atoms with Crippen molar-refractivity contribution in [3.8, 4) is 0 Å². The summed E-state index contributed by atoms with van der Waals surface area (Å²) < 4.78 is 13.5. The molecule has 0 radical (unpaired) electrons. The Morgan fingerprint density at radius 3 is 2.81 bits per heavy atom. The van der Waals surface area contributed by atoms with Crippen LogP contribution in [0, 0.1) is 12.7 Å². The highest BCUT2D eigenvalue weighted by atomic mass is 35.5. The maximum atomic E-state index is 13.5. The molecule has 0 atom stereocenters. The van der Waals surface area contributed by atoms with Gasteiger partial charge in [0.2, 0.25) is 0 Å². The van der Waals surface area contributed by atoms with Gasteiger partial charge in [-0.1, -0.05) is 31.0 Å². The quantitative estimate of drug-likeness (QED) is 0.710. The Labute approximate surface area is 99.3 Å². The molecule has 0 spiro atoms. The summed E-state index contributed by atoms with van der Waals surface area (Å²) in [5, 5.41) is 1.27. The minimum Gasteiger partial charge on any atom is -0.233 e. The molecule has 0 bridgehead atoms. The van der Waals surface area contributed by atoms with Gasteiger partial charge in [0.15, 0.2) is 0 Å². The Bertz CT molecular complexity index is 537. The molecule has 0 unspecified atom stereocenters. The van der Waals surface area contributed by atoms with Crippen molar-refractivity contribution in [2.45, 2.75) is 26.7 Å². The second-order valence-electron chi connectivity index (χ2n) is 3.95. The minimum atomic E-state index is -0.314. The van der Waals surface area contributed by atoms with Crippen LogP contribution < -0.4 is 0 Å². The van der Waals surface area contributed by atoms with E-state index < -0.39 is 0 Å². The molecule has 3 heteroatoms. The van der Waals surface area contributed by atoms with E-state index >= 15 is 0 Å². The lowest BCUT2D eigenvalue weighted by Gasteiger charge is -2.07. The van der Waals surface area contributed by atoms with Crippen LogP contribution in [0.1, 0.15) is 24.5 Å². The molecular weight excluding hydrogens is 225 g/mol. The summed E-state index contributed by atoms with van der Waals surface area (Å²) in [6.45, 7) is 4.03. The largest absolute Gasteiger partial charge is 0.233 e. The molecule has 0 aliphatic heterocycles. The van der Waals surface area contributed by atoms with Gasteiger partial charge in [0.05, 0.1) is 0 Å². The van der Waals surface area contributed by atoms with Crippen molar-refractivity contribution >= 4 is 22.5 Å². The number of halogens is 2. The standard InChI is InChI=1S/C13H13ClFN/c1-3-4-9-7-10-8(2)5-6-11(15)12(10)16-13(9)14/h5-7H,3-4H2,1-2H3. The Kier molecular flexibility index (Phi) is 3.10. The first-order valence-electron chi connectivity index (χ1n) is 5.37. The number of rotatable bonds is 2. The Morgan fingerprint density at radius 1 is 1.38 bits per heavy atom. The van der Waals surface area contributed by atoms with Crippen molar-refractivity contribution in [2.75, 3.05) is 0 Å². The van der Waals surface area contributed by atoms with E-state index in [1.807, 2.05) is 13.0 Å². The highest BCUT2D eigenvalue weighted by Crippen LogP contribution is 2.25. The molecule has 0 saturated heterocycles.